The third kappa shape index (κ3) is 3.19. The van der Waals surface area contributed by atoms with Crippen molar-refractivity contribution in [1.82, 2.24) is 9.97 Å². The molecule has 0 amide bonds. The van der Waals surface area contributed by atoms with Gasteiger partial charge in [0, 0.05) is 24.5 Å². The van der Waals surface area contributed by atoms with Gasteiger partial charge < -0.3 is 10.5 Å². The van der Waals surface area contributed by atoms with Gasteiger partial charge in [0.25, 0.3) is 0 Å². The van der Waals surface area contributed by atoms with Crippen LogP contribution in [0.5, 0.6) is 11.8 Å². The highest BCUT2D eigenvalue weighted by Gasteiger charge is 2.34. The second-order valence-electron chi connectivity index (χ2n) is 3.67. The van der Waals surface area contributed by atoms with Gasteiger partial charge in [-0.15, -0.1) is 0 Å². The van der Waals surface area contributed by atoms with Crippen LogP contribution >= 0.6 is 0 Å². The SMILES string of the molecule is NCc1cnc(Oc2ccccc2C(F)(F)F)nc1. The molecule has 0 fully saturated rings. The maximum absolute atomic E-state index is 12.7. The lowest BCUT2D eigenvalue weighted by Gasteiger charge is -2.12. The van der Waals surface area contributed by atoms with Crippen LogP contribution in [0.3, 0.4) is 0 Å². The largest absolute Gasteiger partial charge is 0.424 e. The summed E-state index contributed by atoms with van der Waals surface area (Å²) in [6, 6.07) is 4.72. The number of alkyl halides is 3. The highest BCUT2D eigenvalue weighted by molar-refractivity contribution is 5.37. The summed E-state index contributed by atoms with van der Waals surface area (Å²) < 4.78 is 43.2. The normalized spacial score (nSPS) is 11.4. The van der Waals surface area contributed by atoms with Gasteiger partial charge in [0.15, 0.2) is 0 Å². The second-order valence-corrected chi connectivity index (χ2v) is 3.67. The van der Waals surface area contributed by atoms with Crippen LogP contribution in [0.1, 0.15) is 11.1 Å². The van der Waals surface area contributed by atoms with Gasteiger partial charge in [-0.2, -0.15) is 13.2 Å². The smallest absolute Gasteiger partial charge is 0.419 e. The molecule has 2 N–H and O–H groups in total. The predicted octanol–water partition coefficient (Wildman–Crippen LogP) is 2.75. The molecule has 0 spiro atoms. The molecule has 0 unspecified atom stereocenters. The van der Waals surface area contributed by atoms with Crippen molar-refractivity contribution in [3.63, 3.8) is 0 Å². The first-order valence-electron chi connectivity index (χ1n) is 5.36. The van der Waals surface area contributed by atoms with Crippen LogP contribution in [0.4, 0.5) is 13.2 Å². The van der Waals surface area contributed by atoms with Crippen LogP contribution in [0.25, 0.3) is 0 Å². The van der Waals surface area contributed by atoms with Crippen LogP contribution in [0.2, 0.25) is 0 Å². The zero-order chi connectivity index (χ0) is 13.9. The number of para-hydroxylation sites is 1. The molecule has 1 aromatic heterocycles. The highest BCUT2D eigenvalue weighted by Crippen LogP contribution is 2.37. The van der Waals surface area contributed by atoms with Crippen molar-refractivity contribution in [2.75, 3.05) is 0 Å². The first kappa shape index (κ1) is 13.3. The minimum absolute atomic E-state index is 0.158. The molecular formula is C12H10F3N3O. The molecule has 0 atom stereocenters. The van der Waals surface area contributed by atoms with E-state index in [-0.39, 0.29) is 18.3 Å². The molecule has 0 aliphatic rings. The molecule has 0 aliphatic carbocycles. The van der Waals surface area contributed by atoms with E-state index >= 15 is 0 Å². The first-order valence-corrected chi connectivity index (χ1v) is 5.36. The van der Waals surface area contributed by atoms with E-state index in [1.54, 1.807) is 0 Å². The number of hydrogen-bond acceptors (Lipinski definition) is 4. The number of aromatic nitrogens is 2. The molecular weight excluding hydrogens is 259 g/mol. The Morgan fingerprint density at radius 2 is 1.74 bits per heavy atom. The summed E-state index contributed by atoms with van der Waals surface area (Å²) in [4.78, 5) is 7.57. The maximum Gasteiger partial charge on any atom is 0.419 e. The van der Waals surface area contributed by atoms with Crippen LogP contribution in [0, 0.1) is 0 Å². The topological polar surface area (TPSA) is 61.0 Å². The molecule has 0 saturated carbocycles. The predicted molar refractivity (Wildman–Crippen MR) is 61.4 cm³/mol. The van der Waals surface area contributed by atoms with E-state index in [1.165, 1.54) is 30.6 Å². The number of hydrogen-bond donors (Lipinski definition) is 1. The third-order valence-corrected chi connectivity index (χ3v) is 2.31. The second kappa shape index (κ2) is 5.23. The minimum atomic E-state index is -4.49. The molecule has 1 heterocycles. The summed E-state index contributed by atoms with van der Waals surface area (Å²) in [6.45, 7) is 0.249. The van der Waals surface area contributed by atoms with E-state index in [2.05, 4.69) is 9.97 Å². The van der Waals surface area contributed by atoms with Crippen LogP contribution < -0.4 is 10.5 Å². The van der Waals surface area contributed by atoms with Gasteiger partial charge in [-0.3, -0.25) is 0 Å². The Hall–Kier alpha value is -2.15. The molecule has 0 saturated heterocycles. The van der Waals surface area contributed by atoms with Gasteiger partial charge in [-0.1, -0.05) is 12.1 Å². The number of benzene rings is 1. The van der Waals surface area contributed by atoms with Crippen LogP contribution in [-0.4, -0.2) is 9.97 Å². The van der Waals surface area contributed by atoms with E-state index in [1.807, 2.05) is 0 Å². The molecule has 0 radical (unpaired) electrons. The van der Waals surface area contributed by atoms with Crippen LogP contribution in [0.15, 0.2) is 36.7 Å². The van der Waals surface area contributed by atoms with E-state index in [4.69, 9.17) is 10.5 Å². The van der Waals surface area contributed by atoms with Gasteiger partial charge in [-0.25, -0.2) is 9.97 Å². The minimum Gasteiger partial charge on any atom is -0.424 e. The summed E-state index contributed by atoms with van der Waals surface area (Å²) >= 11 is 0. The molecule has 0 bridgehead atoms. The fraction of sp³-hybridized carbons (Fsp3) is 0.167. The fourth-order valence-corrected chi connectivity index (χ4v) is 1.39. The first-order chi connectivity index (χ1) is 9.00. The van der Waals surface area contributed by atoms with E-state index < -0.39 is 11.7 Å². The van der Waals surface area contributed by atoms with Gasteiger partial charge in [-0.05, 0) is 12.1 Å². The number of nitrogens with two attached hydrogens (primary N) is 1. The quantitative estimate of drug-likeness (QED) is 0.930. The van der Waals surface area contributed by atoms with Crippen LogP contribution in [-0.2, 0) is 12.7 Å². The van der Waals surface area contributed by atoms with Crippen molar-refractivity contribution in [3.8, 4) is 11.8 Å². The molecule has 2 aromatic rings. The molecule has 4 nitrogen and oxygen atoms in total. The Labute approximate surface area is 107 Å². The molecule has 7 heteroatoms. The zero-order valence-electron chi connectivity index (χ0n) is 9.69. The standard InChI is InChI=1S/C12H10F3N3O/c13-12(14,15)9-3-1-2-4-10(9)19-11-17-6-8(5-16)7-18-11/h1-4,6-7H,5,16H2. The average molecular weight is 269 g/mol. The van der Waals surface area contributed by atoms with Crippen molar-refractivity contribution in [1.29, 1.82) is 0 Å². The number of nitrogens with zero attached hydrogens (tertiary/aromatic N) is 2. The van der Waals surface area contributed by atoms with Gasteiger partial charge in [0.1, 0.15) is 5.75 Å². The monoisotopic (exact) mass is 269 g/mol. The van der Waals surface area contributed by atoms with E-state index in [0.29, 0.717) is 5.56 Å². The molecule has 2 rings (SSSR count). The van der Waals surface area contributed by atoms with Gasteiger partial charge in [0.05, 0.1) is 5.56 Å². The number of rotatable bonds is 3. The summed E-state index contributed by atoms with van der Waals surface area (Å²) in [5.74, 6) is -0.338. The Morgan fingerprint density at radius 3 is 2.32 bits per heavy atom. The number of halogens is 3. The summed E-state index contributed by atoms with van der Waals surface area (Å²) in [5.41, 5.74) is 5.15. The molecule has 0 aliphatic heterocycles. The molecule has 100 valence electrons. The number of ether oxygens (including phenoxy) is 1. The van der Waals surface area contributed by atoms with Crippen molar-refractivity contribution in [2.24, 2.45) is 5.73 Å². The summed E-state index contributed by atoms with van der Waals surface area (Å²) in [5, 5.41) is 0. The fourth-order valence-electron chi connectivity index (χ4n) is 1.39. The maximum atomic E-state index is 12.7. The Morgan fingerprint density at radius 1 is 1.11 bits per heavy atom. The van der Waals surface area contributed by atoms with Gasteiger partial charge in [0.2, 0.25) is 0 Å². The zero-order valence-corrected chi connectivity index (χ0v) is 9.69. The van der Waals surface area contributed by atoms with Crippen molar-refractivity contribution < 1.29 is 17.9 Å². The Kier molecular flexibility index (Phi) is 3.66. The lowest BCUT2D eigenvalue weighted by Crippen LogP contribution is -2.07. The molecule has 19 heavy (non-hydrogen) atoms. The Balaban J connectivity index is 2.28. The van der Waals surface area contributed by atoms with Crippen molar-refractivity contribution in [2.45, 2.75) is 12.7 Å². The Bertz CT molecular complexity index is 555. The summed E-state index contributed by atoms with van der Waals surface area (Å²) in [7, 11) is 0. The highest BCUT2D eigenvalue weighted by atomic mass is 19.4. The summed E-state index contributed by atoms with van der Waals surface area (Å²) in [6.07, 6.45) is -1.69. The van der Waals surface area contributed by atoms with Crippen molar-refractivity contribution >= 4 is 0 Å². The molecule has 1 aromatic carbocycles. The third-order valence-electron chi connectivity index (χ3n) is 2.31. The average Bonchev–Trinajstić information content (AvgIpc) is 2.39. The van der Waals surface area contributed by atoms with E-state index in [9.17, 15) is 13.2 Å². The van der Waals surface area contributed by atoms with E-state index in [0.717, 1.165) is 6.07 Å². The lowest BCUT2D eigenvalue weighted by molar-refractivity contribution is -0.138. The van der Waals surface area contributed by atoms with Gasteiger partial charge >= 0.3 is 12.2 Å². The lowest BCUT2D eigenvalue weighted by atomic mass is 10.2. The van der Waals surface area contributed by atoms with Crippen molar-refractivity contribution in [3.05, 3.63) is 47.8 Å².